The van der Waals surface area contributed by atoms with Gasteiger partial charge in [0.1, 0.15) is 5.82 Å². The Morgan fingerprint density at radius 2 is 1.86 bits per heavy atom. The van der Waals surface area contributed by atoms with Crippen molar-refractivity contribution in [1.29, 1.82) is 0 Å². The van der Waals surface area contributed by atoms with Crippen LogP contribution < -0.4 is 4.90 Å². The molecule has 0 saturated carbocycles. The lowest BCUT2D eigenvalue weighted by Gasteiger charge is -2.18. The molecule has 0 bridgehead atoms. The van der Waals surface area contributed by atoms with Crippen LogP contribution in [-0.4, -0.2) is 22.6 Å². The van der Waals surface area contributed by atoms with Crippen molar-refractivity contribution in [3.8, 4) is 11.4 Å². The fraction of sp³-hybridized carbons (Fsp3) is 0.250. The number of carbonyl (C=O) groups is 1. The van der Waals surface area contributed by atoms with Gasteiger partial charge < -0.3 is 9.42 Å². The van der Waals surface area contributed by atoms with E-state index in [1.165, 1.54) is 29.2 Å². The van der Waals surface area contributed by atoms with Gasteiger partial charge in [-0.05, 0) is 31.2 Å². The maximum absolute atomic E-state index is 13.8. The minimum Gasteiger partial charge on any atom is -0.339 e. The van der Waals surface area contributed by atoms with E-state index in [-0.39, 0.29) is 36.5 Å². The summed E-state index contributed by atoms with van der Waals surface area (Å²) in [6.07, 6.45) is -4.31. The number of nitrogens with zero attached hydrogens (tertiary/aromatic N) is 3. The molecule has 1 aliphatic heterocycles. The molecule has 3 aromatic rings. The molecule has 1 aliphatic rings. The maximum atomic E-state index is 13.8. The first kappa shape index (κ1) is 19.1. The Kier molecular flexibility index (Phi) is 4.60. The summed E-state index contributed by atoms with van der Waals surface area (Å²) in [5.41, 5.74) is 0.458. The van der Waals surface area contributed by atoms with E-state index in [1.54, 1.807) is 13.0 Å². The lowest BCUT2D eigenvalue weighted by Crippen LogP contribution is -2.25. The molecule has 4 rings (SSSR count). The van der Waals surface area contributed by atoms with Crippen LogP contribution in [0.3, 0.4) is 0 Å². The van der Waals surface area contributed by atoms with E-state index in [1.807, 2.05) is 0 Å². The van der Waals surface area contributed by atoms with E-state index in [0.717, 1.165) is 12.1 Å². The number of benzene rings is 2. The first-order valence-corrected chi connectivity index (χ1v) is 8.81. The predicted octanol–water partition coefficient (Wildman–Crippen LogP) is 4.72. The van der Waals surface area contributed by atoms with Crippen molar-refractivity contribution in [2.45, 2.75) is 25.4 Å². The Labute approximate surface area is 162 Å². The molecule has 29 heavy (non-hydrogen) atoms. The van der Waals surface area contributed by atoms with Gasteiger partial charge in [0.2, 0.25) is 17.6 Å². The van der Waals surface area contributed by atoms with Crippen LogP contribution in [0.15, 0.2) is 47.0 Å². The molecule has 0 spiro atoms. The summed E-state index contributed by atoms with van der Waals surface area (Å²) in [6.45, 7) is 1.85. The Morgan fingerprint density at radius 1 is 1.14 bits per heavy atom. The van der Waals surface area contributed by atoms with Gasteiger partial charge in [0, 0.05) is 29.8 Å². The highest BCUT2D eigenvalue weighted by atomic mass is 19.4. The Balaban J connectivity index is 1.54. The molecule has 1 amide bonds. The Morgan fingerprint density at radius 3 is 2.55 bits per heavy atom. The Hall–Kier alpha value is -3.23. The number of anilines is 1. The first-order chi connectivity index (χ1) is 13.7. The summed E-state index contributed by atoms with van der Waals surface area (Å²) in [4.78, 5) is 18.2. The van der Waals surface area contributed by atoms with Crippen LogP contribution in [0.4, 0.5) is 23.2 Å². The lowest BCUT2D eigenvalue weighted by atomic mass is 10.1. The fourth-order valence-electron chi connectivity index (χ4n) is 3.32. The minimum atomic E-state index is -4.43. The number of aromatic nitrogens is 2. The largest absolute Gasteiger partial charge is 0.416 e. The molecule has 1 saturated heterocycles. The summed E-state index contributed by atoms with van der Waals surface area (Å²) in [5.74, 6) is -0.633. The van der Waals surface area contributed by atoms with E-state index in [2.05, 4.69) is 10.1 Å². The van der Waals surface area contributed by atoms with E-state index >= 15 is 0 Å². The van der Waals surface area contributed by atoms with Crippen LogP contribution in [-0.2, 0) is 11.0 Å². The Bertz CT molecular complexity index is 1060. The zero-order chi connectivity index (χ0) is 20.8. The van der Waals surface area contributed by atoms with Gasteiger partial charge in [0.25, 0.3) is 0 Å². The number of hydrogen-bond donors (Lipinski definition) is 0. The highest BCUT2D eigenvalue weighted by Gasteiger charge is 2.36. The van der Waals surface area contributed by atoms with Crippen molar-refractivity contribution in [2.75, 3.05) is 11.4 Å². The topological polar surface area (TPSA) is 59.2 Å². The molecular formula is C20H15F4N3O2. The third kappa shape index (κ3) is 3.59. The molecule has 0 radical (unpaired) electrons. The van der Waals surface area contributed by atoms with Gasteiger partial charge >= 0.3 is 6.18 Å². The second-order valence-corrected chi connectivity index (χ2v) is 6.82. The molecule has 1 fully saturated rings. The average molecular weight is 405 g/mol. The second-order valence-electron chi connectivity index (χ2n) is 6.82. The zero-order valence-corrected chi connectivity index (χ0v) is 15.2. The smallest absolute Gasteiger partial charge is 0.339 e. The fourth-order valence-corrected chi connectivity index (χ4v) is 3.32. The molecule has 0 aliphatic carbocycles. The molecule has 9 heteroatoms. The van der Waals surface area contributed by atoms with Gasteiger partial charge in [0.15, 0.2) is 0 Å². The minimum absolute atomic E-state index is 0.116. The SMILES string of the molecule is Cc1c(F)cccc1N1CC(c2nc(-c3ccc(C(F)(F)F)cc3)no2)CC1=O. The predicted molar refractivity (Wildman–Crippen MR) is 95.6 cm³/mol. The van der Waals surface area contributed by atoms with Gasteiger partial charge in [0.05, 0.1) is 11.5 Å². The number of alkyl halides is 3. The molecule has 5 nitrogen and oxygen atoms in total. The number of amides is 1. The van der Waals surface area contributed by atoms with Crippen molar-refractivity contribution >= 4 is 11.6 Å². The molecular weight excluding hydrogens is 390 g/mol. The lowest BCUT2D eigenvalue weighted by molar-refractivity contribution is -0.137. The van der Waals surface area contributed by atoms with Crippen molar-refractivity contribution in [3.05, 3.63) is 65.3 Å². The van der Waals surface area contributed by atoms with Crippen LogP contribution in [0, 0.1) is 12.7 Å². The van der Waals surface area contributed by atoms with Crippen LogP contribution in [0.5, 0.6) is 0 Å². The first-order valence-electron chi connectivity index (χ1n) is 8.81. The standard InChI is InChI=1S/C20H15F4N3O2/c1-11-15(21)3-2-4-16(11)27-10-13(9-17(27)28)19-25-18(26-29-19)12-5-7-14(8-6-12)20(22,23)24/h2-8,13H,9-10H2,1H3. The van der Waals surface area contributed by atoms with Crippen molar-refractivity contribution in [1.82, 2.24) is 10.1 Å². The molecule has 1 aromatic heterocycles. The zero-order valence-electron chi connectivity index (χ0n) is 15.2. The summed E-state index contributed by atoms with van der Waals surface area (Å²) in [6, 6.07) is 8.94. The number of rotatable bonds is 3. The van der Waals surface area contributed by atoms with E-state index in [4.69, 9.17) is 4.52 Å². The monoisotopic (exact) mass is 405 g/mol. The van der Waals surface area contributed by atoms with Gasteiger partial charge in [-0.2, -0.15) is 18.2 Å². The summed E-state index contributed by atoms with van der Waals surface area (Å²) in [5, 5.41) is 3.82. The highest BCUT2D eigenvalue weighted by molar-refractivity contribution is 5.97. The third-order valence-corrected chi connectivity index (χ3v) is 4.92. The van der Waals surface area contributed by atoms with Gasteiger partial charge in [-0.15, -0.1) is 0 Å². The average Bonchev–Trinajstić information content (AvgIpc) is 3.30. The van der Waals surface area contributed by atoms with Crippen LogP contribution >= 0.6 is 0 Å². The third-order valence-electron chi connectivity index (χ3n) is 4.92. The highest BCUT2D eigenvalue weighted by Crippen LogP contribution is 2.34. The summed E-state index contributed by atoms with van der Waals surface area (Å²) in [7, 11) is 0. The van der Waals surface area contributed by atoms with Crippen molar-refractivity contribution in [2.24, 2.45) is 0 Å². The van der Waals surface area contributed by atoms with Gasteiger partial charge in [-0.1, -0.05) is 23.4 Å². The molecule has 0 N–H and O–H groups in total. The van der Waals surface area contributed by atoms with Crippen molar-refractivity contribution in [3.63, 3.8) is 0 Å². The quantitative estimate of drug-likeness (QED) is 0.592. The second kappa shape index (κ2) is 6.98. The molecule has 150 valence electrons. The van der Waals surface area contributed by atoms with Crippen LogP contribution in [0.25, 0.3) is 11.4 Å². The molecule has 1 unspecified atom stereocenters. The normalized spacial score (nSPS) is 17.2. The van der Waals surface area contributed by atoms with Crippen LogP contribution in [0.2, 0.25) is 0 Å². The molecule has 1 atom stereocenters. The summed E-state index contributed by atoms with van der Waals surface area (Å²) >= 11 is 0. The van der Waals surface area contributed by atoms with Crippen LogP contribution in [0.1, 0.15) is 29.4 Å². The van der Waals surface area contributed by atoms with Crippen molar-refractivity contribution < 1.29 is 26.9 Å². The number of halogens is 4. The number of hydrogen-bond acceptors (Lipinski definition) is 4. The summed E-state index contributed by atoms with van der Waals surface area (Å²) < 4.78 is 57.1. The molecule has 2 heterocycles. The van der Waals surface area contributed by atoms with Gasteiger partial charge in [-0.3, -0.25) is 4.79 Å². The van der Waals surface area contributed by atoms with Gasteiger partial charge in [-0.25, -0.2) is 4.39 Å². The van der Waals surface area contributed by atoms with E-state index in [9.17, 15) is 22.4 Å². The van der Waals surface area contributed by atoms with E-state index in [0.29, 0.717) is 16.8 Å². The maximum Gasteiger partial charge on any atom is 0.416 e. The molecule has 2 aromatic carbocycles. The van der Waals surface area contributed by atoms with E-state index < -0.39 is 17.6 Å². The number of carbonyl (C=O) groups excluding carboxylic acids is 1.